The zero-order valence-corrected chi connectivity index (χ0v) is 11.4. The third-order valence-electron chi connectivity index (χ3n) is 2.47. The molecular formula is C13H27NO2. The second-order valence-electron chi connectivity index (χ2n) is 6.51. The first-order chi connectivity index (χ1) is 7.16. The quantitative estimate of drug-likeness (QED) is 0.687. The topological polar surface area (TPSA) is 49.3 Å². The van der Waals surface area contributed by atoms with Crippen molar-refractivity contribution >= 4 is 5.91 Å². The Hall–Kier alpha value is -0.570. The summed E-state index contributed by atoms with van der Waals surface area (Å²) in [6, 6.07) is 0. The van der Waals surface area contributed by atoms with E-state index in [-0.39, 0.29) is 23.3 Å². The monoisotopic (exact) mass is 229 g/mol. The van der Waals surface area contributed by atoms with Crippen LogP contribution in [0, 0.1) is 10.8 Å². The summed E-state index contributed by atoms with van der Waals surface area (Å²) in [5, 5.41) is 12.0. The van der Waals surface area contributed by atoms with Gasteiger partial charge >= 0.3 is 0 Å². The fraction of sp³-hybridized carbons (Fsp3) is 0.923. The lowest BCUT2D eigenvalue weighted by Gasteiger charge is -2.21. The van der Waals surface area contributed by atoms with E-state index >= 15 is 0 Å². The molecule has 0 rings (SSSR count). The second-order valence-corrected chi connectivity index (χ2v) is 6.51. The minimum absolute atomic E-state index is 0.0330. The summed E-state index contributed by atoms with van der Waals surface area (Å²) >= 11 is 0. The van der Waals surface area contributed by atoms with Gasteiger partial charge in [0.05, 0.1) is 0 Å². The molecule has 0 atom stereocenters. The third-order valence-corrected chi connectivity index (χ3v) is 2.47. The van der Waals surface area contributed by atoms with Crippen LogP contribution in [0.3, 0.4) is 0 Å². The van der Waals surface area contributed by atoms with Crippen LogP contribution in [-0.2, 0) is 4.79 Å². The average Bonchev–Trinajstić information content (AvgIpc) is 2.10. The van der Waals surface area contributed by atoms with Crippen LogP contribution in [0.2, 0.25) is 0 Å². The second kappa shape index (κ2) is 6.24. The van der Waals surface area contributed by atoms with E-state index in [2.05, 4.69) is 26.1 Å². The van der Waals surface area contributed by atoms with Gasteiger partial charge in [-0.1, -0.05) is 34.6 Å². The molecule has 0 saturated carbocycles. The molecule has 16 heavy (non-hydrogen) atoms. The van der Waals surface area contributed by atoms with Crippen LogP contribution in [0.4, 0.5) is 0 Å². The SMILES string of the molecule is CC(C)(C)CC(=O)NCCCC(C)(C)CO. The number of aliphatic hydroxyl groups excluding tert-OH is 1. The van der Waals surface area contributed by atoms with Gasteiger partial charge in [0, 0.05) is 19.6 Å². The first-order valence-electron chi connectivity index (χ1n) is 6.04. The molecular weight excluding hydrogens is 202 g/mol. The first kappa shape index (κ1) is 15.4. The van der Waals surface area contributed by atoms with Crippen molar-refractivity contribution in [2.24, 2.45) is 10.8 Å². The normalized spacial score (nSPS) is 12.6. The highest BCUT2D eigenvalue weighted by atomic mass is 16.3. The smallest absolute Gasteiger partial charge is 0.220 e. The fourth-order valence-corrected chi connectivity index (χ4v) is 1.42. The molecule has 0 aliphatic heterocycles. The molecule has 0 aromatic rings. The van der Waals surface area contributed by atoms with Gasteiger partial charge < -0.3 is 10.4 Å². The Morgan fingerprint density at radius 3 is 2.19 bits per heavy atom. The van der Waals surface area contributed by atoms with E-state index in [0.717, 1.165) is 12.8 Å². The van der Waals surface area contributed by atoms with Gasteiger partial charge in [-0.25, -0.2) is 0 Å². The highest BCUT2D eigenvalue weighted by Gasteiger charge is 2.17. The van der Waals surface area contributed by atoms with Crippen molar-refractivity contribution in [2.75, 3.05) is 13.2 Å². The molecule has 0 aromatic carbocycles. The summed E-state index contributed by atoms with van der Waals surface area (Å²) in [6.07, 6.45) is 2.42. The fourth-order valence-electron chi connectivity index (χ4n) is 1.42. The van der Waals surface area contributed by atoms with Crippen LogP contribution in [0.15, 0.2) is 0 Å². The molecule has 0 aliphatic carbocycles. The number of rotatable bonds is 6. The lowest BCUT2D eigenvalue weighted by atomic mass is 9.89. The van der Waals surface area contributed by atoms with Crippen molar-refractivity contribution in [2.45, 2.75) is 53.9 Å². The highest BCUT2D eigenvalue weighted by Crippen LogP contribution is 2.21. The molecule has 1 amide bonds. The number of nitrogens with one attached hydrogen (secondary N) is 1. The molecule has 0 unspecified atom stereocenters. The zero-order valence-electron chi connectivity index (χ0n) is 11.4. The third kappa shape index (κ3) is 8.72. The summed E-state index contributed by atoms with van der Waals surface area (Å²) in [5.74, 6) is 0.120. The van der Waals surface area contributed by atoms with Crippen LogP contribution >= 0.6 is 0 Å². The molecule has 0 saturated heterocycles. The van der Waals surface area contributed by atoms with Gasteiger partial charge in [0.2, 0.25) is 5.91 Å². The van der Waals surface area contributed by atoms with Gasteiger partial charge in [0.1, 0.15) is 0 Å². The number of hydrogen-bond donors (Lipinski definition) is 2. The van der Waals surface area contributed by atoms with Crippen LogP contribution in [0.25, 0.3) is 0 Å². The Kier molecular flexibility index (Phi) is 6.01. The molecule has 96 valence electrons. The van der Waals surface area contributed by atoms with E-state index in [4.69, 9.17) is 5.11 Å². The molecule has 3 nitrogen and oxygen atoms in total. The molecule has 0 aliphatic rings. The number of carbonyl (C=O) groups excluding carboxylic acids is 1. The van der Waals surface area contributed by atoms with E-state index < -0.39 is 0 Å². The summed E-state index contributed by atoms with van der Waals surface area (Å²) in [4.78, 5) is 11.5. The lowest BCUT2D eigenvalue weighted by Crippen LogP contribution is -2.29. The Balaban J connectivity index is 3.64. The molecule has 0 radical (unpaired) electrons. The average molecular weight is 229 g/mol. The van der Waals surface area contributed by atoms with Crippen molar-refractivity contribution in [3.05, 3.63) is 0 Å². The predicted molar refractivity (Wildman–Crippen MR) is 67.2 cm³/mol. The van der Waals surface area contributed by atoms with E-state index in [1.165, 1.54) is 0 Å². The van der Waals surface area contributed by atoms with Crippen molar-refractivity contribution in [1.82, 2.24) is 5.32 Å². The Bertz CT molecular complexity index is 216. The minimum Gasteiger partial charge on any atom is -0.396 e. The maximum atomic E-state index is 11.5. The number of amides is 1. The van der Waals surface area contributed by atoms with Gasteiger partial charge in [0.15, 0.2) is 0 Å². The number of carbonyl (C=O) groups is 1. The molecule has 0 aromatic heterocycles. The largest absolute Gasteiger partial charge is 0.396 e. The maximum Gasteiger partial charge on any atom is 0.220 e. The minimum atomic E-state index is -0.0330. The summed E-state index contributed by atoms with van der Waals surface area (Å²) in [7, 11) is 0. The zero-order chi connectivity index (χ0) is 12.8. The van der Waals surface area contributed by atoms with Crippen LogP contribution in [-0.4, -0.2) is 24.2 Å². The van der Waals surface area contributed by atoms with Crippen LogP contribution < -0.4 is 5.32 Å². The van der Waals surface area contributed by atoms with E-state index in [0.29, 0.717) is 13.0 Å². The lowest BCUT2D eigenvalue weighted by molar-refractivity contribution is -0.122. The Morgan fingerprint density at radius 1 is 1.19 bits per heavy atom. The number of hydrogen-bond acceptors (Lipinski definition) is 2. The Labute approximate surface area is 99.6 Å². The highest BCUT2D eigenvalue weighted by molar-refractivity contribution is 5.76. The predicted octanol–water partition coefficient (Wildman–Crippen LogP) is 2.34. The van der Waals surface area contributed by atoms with Crippen LogP contribution in [0.5, 0.6) is 0 Å². The van der Waals surface area contributed by atoms with Gasteiger partial charge in [-0.15, -0.1) is 0 Å². The maximum absolute atomic E-state index is 11.5. The summed E-state index contributed by atoms with van der Waals surface area (Å²) in [5.41, 5.74) is 0.0171. The molecule has 3 heteroatoms. The van der Waals surface area contributed by atoms with E-state index in [1.54, 1.807) is 0 Å². The van der Waals surface area contributed by atoms with Gasteiger partial charge in [-0.05, 0) is 23.7 Å². The molecule has 0 spiro atoms. The Morgan fingerprint density at radius 2 is 1.75 bits per heavy atom. The van der Waals surface area contributed by atoms with Crippen molar-refractivity contribution < 1.29 is 9.90 Å². The van der Waals surface area contributed by atoms with Crippen molar-refractivity contribution in [3.8, 4) is 0 Å². The van der Waals surface area contributed by atoms with E-state index in [1.807, 2.05) is 13.8 Å². The van der Waals surface area contributed by atoms with Gasteiger partial charge in [0.25, 0.3) is 0 Å². The summed E-state index contributed by atoms with van der Waals surface area (Å²) < 4.78 is 0. The van der Waals surface area contributed by atoms with E-state index in [9.17, 15) is 4.79 Å². The molecule has 0 heterocycles. The van der Waals surface area contributed by atoms with Crippen LogP contribution in [0.1, 0.15) is 53.9 Å². The number of aliphatic hydroxyl groups is 1. The molecule has 0 fully saturated rings. The first-order valence-corrected chi connectivity index (χ1v) is 6.04. The van der Waals surface area contributed by atoms with Gasteiger partial charge in [-0.3, -0.25) is 4.79 Å². The molecule has 0 bridgehead atoms. The molecule has 2 N–H and O–H groups in total. The summed E-state index contributed by atoms with van der Waals surface area (Å²) in [6.45, 7) is 11.1. The standard InChI is InChI=1S/C13H27NO2/c1-12(2,3)9-11(16)14-8-6-7-13(4,5)10-15/h15H,6-10H2,1-5H3,(H,14,16). The van der Waals surface area contributed by atoms with Crippen molar-refractivity contribution in [1.29, 1.82) is 0 Å². The van der Waals surface area contributed by atoms with Gasteiger partial charge in [-0.2, -0.15) is 0 Å². The van der Waals surface area contributed by atoms with Crippen molar-refractivity contribution in [3.63, 3.8) is 0 Å².